The molecule has 0 spiro atoms. The number of nitrogens with zero attached hydrogens (tertiary/aromatic N) is 1. The molecule has 1 saturated heterocycles. The van der Waals surface area contributed by atoms with Crippen LogP contribution in [0.25, 0.3) is 0 Å². The van der Waals surface area contributed by atoms with E-state index in [0.717, 1.165) is 38.8 Å². The molecule has 2 rings (SSSR count). The number of hydrogen-bond donors (Lipinski definition) is 1. The van der Waals surface area contributed by atoms with Gasteiger partial charge in [0.1, 0.15) is 0 Å². The minimum atomic E-state index is -0.566. The van der Waals surface area contributed by atoms with Gasteiger partial charge in [-0.15, -0.1) is 0 Å². The van der Waals surface area contributed by atoms with Crippen LogP contribution in [0.1, 0.15) is 42.5 Å². The van der Waals surface area contributed by atoms with Crippen LogP contribution < -0.4 is 5.73 Å². The zero-order valence-electron chi connectivity index (χ0n) is 12.5. The van der Waals surface area contributed by atoms with Crippen LogP contribution in [0.4, 0.5) is 5.69 Å². The zero-order valence-corrected chi connectivity index (χ0v) is 13.3. The fourth-order valence-electron chi connectivity index (χ4n) is 2.47. The molecule has 0 unspecified atom stereocenters. The Morgan fingerprint density at radius 2 is 1.77 bits per heavy atom. The van der Waals surface area contributed by atoms with Crippen LogP contribution >= 0.6 is 11.6 Å². The van der Waals surface area contributed by atoms with Crippen molar-refractivity contribution in [2.24, 2.45) is 0 Å². The number of nitrogens with two attached hydrogens (primary N) is 1. The van der Waals surface area contributed by atoms with Crippen LogP contribution in [-0.2, 0) is 9.53 Å². The third kappa shape index (κ3) is 4.63. The highest BCUT2D eigenvalue weighted by molar-refractivity contribution is 6.33. The summed E-state index contributed by atoms with van der Waals surface area (Å²) in [5.41, 5.74) is 6.25. The van der Waals surface area contributed by atoms with E-state index in [1.807, 2.05) is 0 Å². The first-order valence-electron chi connectivity index (χ1n) is 7.58. The molecule has 0 bridgehead atoms. The molecule has 0 aliphatic carbocycles. The number of likely N-dealkylation sites (tertiary alicyclic amines) is 1. The predicted octanol–water partition coefficient (Wildman–Crippen LogP) is 2.87. The normalized spacial score (nSPS) is 15.8. The molecule has 1 amide bonds. The van der Waals surface area contributed by atoms with Gasteiger partial charge in [-0.3, -0.25) is 4.79 Å². The van der Waals surface area contributed by atoms with Gasteiger partial charge in [-0.25, -0.2) is 4.79 Å². The van der Waals surface area contributed by atoms with Crippen LogP contribution in [0.15, 0.2) is 18.2 Å². The van der Waals surface area contributed by atoms with Gasteiger partial charge >= 0.3 is 5.97 Å². The van der Waals surface area contributed by atoms with Crippen LogP contribution in [0.2, 0.25) is 5.02 Å². The van der Waals surface area contributed by atoms with Gasteiger partial charge in [0, 0.05) is 13.1 Å². The number of hydrogen-bond acceptors (Lipinski definition) is 4. The monoisotopic (exact) mass is 324 g/mol. The quantitative estimate of drug-likeness (QED) is 0.685. The van der Waals surface area contributed by atoms with Crippen molar-refractivity contribution in [1.29, 1.82) is 0 Å². The molecule has 22 heavy (non-hydrogen) atoms. The number of amides is 1. The van der Waals surface area contributed by atoms with E-state index in [1.54, 1.807) is 4.90 Å². The first-order valence-corrected chi connectivity index (χ1v) is 7.95. The van der Waals surface area contributed by atoms with E-state index in [9.17, 15) is 9.59 Å². The Hall–Kier alpha value is -1.75. The van der Waals surface area contributed by atoms with Crippen molar-refractivity contribution in [3.05, 3.63) is 28.8 Å². The summed E-state index contributed by atoms with van der Waals surface area (Å²) >= 11 is 5.81. The summed E-state index contributed by atoms with van der Waals surface area (Å²) in [6.45, 7) is 1.25. The molecule has 2 N–H and O–H groups in total. The molecule has 1 aromatic carbocycles. The average Bonchev–Trinajstić information content (AvgIpc) is 2.47. The molecule has 0 aromatic heterocycles. The summed E-state index contributed by atoms with van der Waals surface area (Å²) in [4.78, 5) is 25.8. The summed E-state index contributed by atoms with van der Waals surface area (Å²) in [6, 6.07) is 4.51. The lowest BCUT2D eigenvalue weighted by Crippen LogP contribution is -2.36. The summed E-state index contributed by atoms with van der Waals surface area (Å²) in [6.07, 6.45) is 5.54. The molecule has 0 radical (unpaired) electrons. The van der Waals surface area contributed by atoms with E-state index in [0.29, 0.717) is 16.3 Å². The second-order valence-electron chi connectivity index (χ2n) is 5.46. The molecule has 1 aromatic rings. The Kier molecular flexibility index (Phi) is 6.07. The first-order chi connectivity index (χ1) is 10.6. The SMILES string of the molecule is Nc1cc(C(=O)OCC(=O)N2CCCCCCC2)ccc1Cl. The van der Waals surface area contributed by atoms with Crippen molar-refractivity contribution in [2.75, 3.05) is 25.4 Å². The van der Waals surface area contributed by atoms with Crippen LogP contribution in [0.5, 0.6) is 0 Å². The second kappa shape index (κ2) is 8.03. The van der Waals surface area contributed by atoms with Crippen molar-refractivity contribution in [3.8, 4) is 0 Å². The van der Waals surface area contributed by atoms with Gasteiger partial charge in [-0.05, 0) is 31.0 Å². The lowest BCUT2D eigenvalue weighted by Gasteiger charge is -2.24. The maximum atomic E-state index is 12.1. The third-order valence-electron chi connectivity index (χ3n) is 3.77. The van der Waals surface area contributed by atoms with Gasteiger partial charge in [0.05, 0.1) is 16.3 Å². The number of anilines is 1. The molecule has 120 valence electrons. The molecular weight excluding hydrogens is 304 g/mol. The van der Waals surface area contributed by atoms with Gasteiger partial charge in [0.15, 0.2) is 6.61 Å². The first kappa shape index (κ1) is 16.6. The molecular formula is C16H21ClN2O3. The molecule has 1 aliphatic heterocycles. The average molecular weight is 325 g/mol. The molecule has 5 nitrogen and oxygen atoms in total. The second-order valence-corrected chi connectivity index (χ2v) is 5.87. The number of rotatable bonds is 3. The summed E-state index contributed by atoms with van der Waals surface area (Å²) in [5, 5.41) is 0.383. The molecule has 6 heteroatoms. The molecule has 1 fully saturated rings. The highest BCUT2D eigenvalue weighted by Gasteiger charge is 2.17. The van der Waals surface area contributed by atoms with Crippen molar-refractivity contribution in [1.82, 2.24) is 4.90 Å². The Balaban J connectivity index is 1.86. The lowest BCUT2D eigenvalue weighted by molar-refractivity contribution is -0.134. The fourth-order valence-corrected chi connectivity index (χ4v) is 2.59. The van der Waals surface area contributed by atoms with E-state index in [4.69, 9.17) is 22.1 Å². The van der Waals surface area contributed by atoms with Crippen molar-refractivity contribution in [2.45, 2.75) is 32.1 Å². The van der Waals surface area contributed by atoms with Crippen molar-refractivity contribution in [3.63, 3.8) is 0 Å². The van der Waals surface area contributed by atoms with Crippen molar-refractivity contribution < 1.29 is 14.3 Å². The van der Waals surface area contributed by atoms with Crippen LogP contribution in [-0.4, -0.2) is 36.5 Å². The third-order valence-corrected chi connectivity index (χ3v) is 4.11. The summed E-state index contributed by atoms with van der Waals surface area (Å²) in [7, 11) is 0. The number of carbonyl (C=O) groups excluding carboxylic acids is 2. The Labute approximate surface area is 135 Å². The zero-order chi connectivity index (χ0) is 15.9. The largest absolute Gasteiger partial charge is 0.452 e. The van der Waals surface area contributed by atoms with Gasteiger partial charge in [-0.2, -0.15) is 0 Å². The van der Waals surface area contributed by atoms with Crippen molar-refractivity contribution >= 4 is 29.2 Å². The molecule has 1 aliphatic rings. The van der Waals surface area contributed by atoms with E-state index in [-0.39, 0.29) is 12.5 Å². The predicted molar refractivity (Wildman–Crippen MR) is 85.8 cm³/mol. The van der Waals surface area contributed by atoms with E-state index >= 15 is 0 Å². The molecule has 0 saturated carbocycles. The number of halogens is 1. The highest BCUT2D eigenvalue weighted by Crippen LogP contribution is 2.20. The standard InChI is InChI=1S/C16H21ClN2O3/c17-13-7-6-12(10-14(13)18)16(21)22-11-15(20)19-8-4-2-1-3-5-9-19/h6-7,10H,1-5,8-9,11,18H2. The fraction of sp³-hybridized carbons (Fsp3) is 0.500. The number of carbonyl (C=O) groups is 2. The summed E-state index contributed by atoms with van der Waals surface area (Å²) in [5.74, 6) is -0.707. The maximum absolute atomic E-state index is 12.1. The minimum absolute atomic E-state index is 0.141. The molecule has 0 atom stereocenters. The van der Waals surface area contributed by atoms with E-state index in [2.05, 4.69) is 0 Å². The smallest absolute Gasteiger partial charge is 0.338 e. The van der Waals surface area contributed by atoms with Gasteiger partial charge in [0.2, 0.25) is 0 Å². The van der Waals surface area contributed by atoms with E-state index in [1.165, 1.54) is 24.6 Å². The Bertz CT molecular complexity index is 540. The minimum Gasteiger partial charge on any atom is -0.452 e. The number of ether oxygens (including phenoxy) is 1. The maximum Gasteiger partial charge on any atom is 0.338 e. The number of benzene rings is 1. The van der Waals surface area contributed by atoms with Crippen LogP contribution in [0.3, 0.4) is 0 Å². The number of nitrogen functional groups attached to an aromatic ring is 1. The van der Waals surface area contributed by atoms with Gasteiger partial charge in [-0.1, -0.05) is 30.9 Å². The lowest BCUT2D eigenvalue weighted by atomic mass is 10.1. The van der Waals surface area contributed by atoms with E-state index < -0.39 is 5.97 Å². The van der Waals surface area contributed by atoms with Gasteiger partial charge < -0.3 is 15.4 Å². The molecule has 1 heterocycles. The van der Waals surface area contributed by atoms with Crippen LogP contribution in [0, 0.1) is 0 Å². The number of esters is 1. The Morgan fingerprint density at radius 1 is 1.14 bits per heavy atom. The Morgan fingerprint density at radius 3 is 2.41 bits per heavy atom. The van der Waals surface area contributed by atoms with Gasteiger partial charge in [0.25, 0.3) is 5.91 Å². The topological polar surface area (TPSA) is 72.6 Å². The highest BCUT2D eigenvalue weighted by atomic mass is 35.5. The summed E-state index contributed by atoms with van der Waals surface area (Å²) < 4.78 is 5.08.